The van der Waals surface area contributed by atoms with Crippen LogP contribution in [0.5, 0.6) is 5.75 Å². The van der Waals surface area contributed by atoms with Crippen molar-refractivity contribution in [2.24, 2.45) is 5.73 Å². The Morgan fingerprint density at radius 3 is 2.48 bits per heavy atom. The first-order valence-corrected chi connectivity index (χ1v) is 7.19. The Kier molecular flexibility index (Phi) is 5.38. The van der Waals surface area contributed by atoms with E-state index in [4.69, 9.17) is 20.4 Å². The number of hydrogen-bond donors (Lipinski definition) is 3. The predicted molar refractivity (Wildman–Crippen MR) is 88.3 cm³/mol. The second kappa shape index (κ2) is 7.47. The first-order valence-electron chi connectivity index (χ1n) is 7.19. The first-order chi connectivity index (χ1) is 11.0. The Labute approximate surface area is 134 Å². The lowest BCUT2D eigenvalue weighted by atomic mass is 10.1. The minimum Gasteiger partial charge on any atom is -0.508 e. The molecule has 0 bridgehead atoms. The number of carboxylic acid groups (broad SMARTS) is 1. The number of aliphatic carboxylic acids is 1. The number of phenolic OH excluding ortho intramolecular Hbond substituents is 1. The van der Waals surface area contributed by atoms with Crippen LogP contribution in [0.2, 0.25) is 0 Å². The van der Waals surface area contributed by atoms with E-state index in [1.807, 2.05) is 37.3 Å². The molecule has 0 fully saturated rings. The second-order valence-electron chi connectivity index (χ2n) is 5.21. The zero-order valence-corrected chi connectivity index (χ0v) is 12.8. The van der Waals surface area contributed by atoms with Gasteiger partial charge in [-0.25, -0.2) is 0 Å². The van der Waals surface area contributed by atoms with Gasteiger partial charge >= 0.3 is 5.97 Å². The van der Waals surface area contributed by atoms with Crippen molar-refractivity contribution in [3.05, 3.63) is 65.9 Å². The van der Waals surface area contributed by atoms with Crippen LogP contribution in [-0.4, -0.2) is 16.2 Å². The molecule has 0 radical (unpaired) electrons. The lowest BCUT2D eigenvalue weighted by Crippen LogP contribution is -2.03. The summed E-state index contributed by atoms with van der Waals surface area (Å²) in [5, 5.41) is 18.5. The third kappa shape index (κ3) is 4.59. The first kappa shape index (κ1) is 16.6. The maximum atomic E-state index is 10.5. The number of furan rings is 1. The van der Waals surface area contributed by atoms with E-state index in [2.05, 4.69) is 0 Å². The molecule has 0 aliphatic carbocycles. The molecule has 3 aromatic rings. The highest BCUT2D eigenvalue weighted by Crippen LogP contribution is 2.25. The summed E-state index contributed by atoms with van der Waals surface area (Å²) in [5.74, 6) is -0.797. The van der Waals surface area contributed by atoms with Gasteiger partial charge in [0, 0.05) is 23.1 Å². The molecule has 4 N–H and O–H groups in total. The third-order valence-corrected chi connectivity index (χ3v) is 3.31. The fourth-order valence-electron chi connectivity index (χ4n) is 2.13. The van der Waals surface area contributed by atoms with Gasteiger partial charge in [0.05, 0.1) is 12.7 Å². The Bertz CT molecular complexity index is 778. The Balaban J connectivity index is 0.000000185. The number of phenols is 1. The molecule has 2 aromatic carbocycles. The molecule has 1 atom stereocenters. The van der Waals surface area contributed by atoms with E-state index in [0.29, 0.717) is 11.1 Å². The van der Waals surface area contributed by atoms with Crippen LogP contribution >= 0.6 is 0 Å². The number of carbonyl (C=O) groups is 1. The summed E-state index contributed by atoms with van der Waals surface area (Å²) in [5.41, 5.74) is 7.93. The van der Waals surface area contributed by atoms with Crippen LogP contribution in [0, 0.1) is 0 Å². The van der Waals surface area contributed by atoms with E-state index in [0.717, 1.165) is 5.39 Å². The topological polar surface area (TPSA) is 96.7 Å². The molecular formula is C18H19NO4. The Morgan fingerprint density at radius 2 is 1.91 bits per heavy atom. The third-order valence-electron chi connectivity index (χ3n) is 3.31. The Hall–Kier alpha value is -2.79. The number of hydrogen-bond acceptors (Lipinski definition) is 4. The molecule has 120 valence electrons. The average molecular weight is 313 g/mol. The normalized spacial score (nSPS) is 11.6. The van der Waals surface area contributed by atoms with Crippen LogP contribution in [0.25, 0.3) is 11.0 Å². The highest BCUT2D eigenvalue weighted by Gasteiger charge is 2.09. The van der Waals surface area contributed by atoms with Gasteiger partial charge in [-0.05, 0) is 24.6 Å². The summed E-state index contributed by atoms with van der Waals surface area (Å²) in [7, 11) is 0. The highest BCUT2D eigenvalue weighted by atomic mass is 16.4. The molecule has 0 amide bonds. The van der Waals surface area contributed by atoms with Gasteiger partial charge in [-0.15, -0.1) is 0 Å². The van der Waals surface area contributed by atoms with Crippen LogP contribution in [0.3, 0.4) is 0 Å². The molecule has 0 saturated carbocycles. The molecule has 3 rings (SSSR count). The number of fused-ring (bicyclic) bond motifs is 1. The molecule has 5 heteroatoms. The largest absolute Gasteiger partial charge is 0.508 e. The summed E-state index contributed by atoms with van der Waals surface area (Å²) >= 11 is 0. The van der Waals surface area contributed by atoms with Crippen molar-refractivity contribution in [2.75, 3.05) is 0 Å². The summed E-state index contributed by atoms with van der Waals surface area (Å²) in [6.07, 6.45) is 1.33. The van der Waals surface area contributed by atoms with E-state index in [-0.39, 0.29) is 18.2 Å². The smallest absolute Gasteiger partial charge is 0.307 e. The van der Waals surface area contributed by atoms with Crippen LogP contribution < -0.4 is 5.73 Å². The minimum absolute atomic E-state index is 0.0717. The zero-order chi connectivity index (χ0) is 16.8. The van der Waals surface area contributed by atoms with Gasteiger partial charge in [0.1, 0.15) is 11.3 Å². The molecule has 1 aromatic heterocycles. The Morgan fingerprint density at radius 1 is 1.22 bits per heavy atom. The van der Waals surface area contributed by atoms with Crippen LogP contribution in [0.4, 0.5) is 0 Å². The summed E-state index contributed by atoms with van der Waals surface area (Å²) < 4.78 is 5.11. The highest BCUT2D eigenvalue weighted by molar-refractivity contribution is 5.86. The van der Waals surface area contributed by atoms with E-state index in [1.165, 1.54) is 24.0 Å². The number of rotatable bonds is 3. The fraction of sp³-hybridized carbons (Fsp3) is 0.167. The average Bonchev–Trinajstić information content (AvgIpc) is 2.90. The number of benzene rings is 2. The van der Waals surface area contributed by atoms with Crippen molar-refractivity contribution in [1.82, 2.24) is 0 Å². The minimum atomic E-state index is -0.902. The number of carboxylic acids is 1. The van der Waals surface area contributed by atoms with Crippen LogP contribution in [-0.2, 0) is 11.2 Å². The van der Waals surface area contributed by atoms with Gasteiger partial charge < -0.3 is 20.4 Å². The van der Waals surface area contributed by atoms with Crippen LogP contribution in [0.1, 0.15) is 24.1 Å². The molecule has 0 aliphatic heterocycles. The van der Waals surface area contributed by atoms with Gasteiger partial charge in [0.25, 0.3) is 0 Å². The second-order valence-corrected chi connectivity index (χ2v) is 5.21. The van der Waals surface area contributed by atoms with E-state index < -0.39 is 5.97 Å². The maximum Gasteiger partial charge on any atom is 0.307 e. The summed E-state index contributed by atoms with van der Waals surface area (Å²) in [4.78, 5) is 10.5. The van der Waals surface area contributed by atoms with Crippen molar-refractivity contribution in [3.63, 3.8) is 0 Å². The van der Waals surface area contributed by atoms with Crippen molar-refractivity contribution in [3.8, 4) is 5.75 Å². The number of nitrogens with two attached hydrogens (primary N) is 1. The monoisotopic (exact) mass is 313 g/mol. The van der Waals surface area contributed by atoms with Gasteiger partial charge in [-0.3, -0.25) is 4.79 Å². The standard InChI is InChI=1S/C10H8O4.C8H11N/c11-7-1-2-8-6(3-10(12)13)5-14-9(8)4-7;1-7(9)8-5-3-2-4-6-8/h1-2,4-5,11H,3H2,(H,12,13);2-7H,9H2,1H3/t;7-/m.1/s1. The molecule has 5 nitrogen and oxygen atoms in total. The van der Waals surface area contributed by atoms with E-state index in [9.17, 15) is 4.79 Å². The van der Waals surface area contributed by atoms with Crippen molar-refractivity contribution in [2.45, 2.75) is 19.4 Å². The summed E-state index contributed by atoms with van der Waals surface area (Å²) in [6, 6.07) is 14.8. The molecule has 23 heavy (non-hydrogen) atoms. The maximum absolute atomic E-state index is 10.5. The fourth-order valence-corrected chi connectivity index (χ4v) is 2.13. The van der Waals surface area contributed by atoms with Gasteiger partial charge in [0.15, 0.2) is 0 Å². The van der Waals surface area contributed by atoms with Gasteiger partial charge in [-0.1, -0.05) is 30.3 Å². The predicted octanol–water partition coefficient (Wildman–Crippen LogP) is 3.47. The zero-order valence-electron chi connectivity index (χ0n) is 12.8. The number of aromatic hydroxyl groups is 1. The summed E-state index contributed by atoms with van der Waals surface area (Å²) in [6.45, 7) is 1.98. The van der Waals surface area contributed by atoms with Crippen LogP contribution in [0.15, 0.2) is 59.2 Å². The molecular weight excluding hydrogens is 294 g/mol. The van der Waals surface area contributed by atoms with Crippen molar-refractivity contribution < 1.29 is 19.4 Å². The molecule has 1 heterocycles. The molecule has 0 saturated heterocycles. The SMILES string of the molecule is C[C@@H](N)c1ccccc1.O=C(O)Cc1coc2cc(O)ccc12. The van der Waals surface area contributed by atoms with Crippen molar-refractivity contribution in [1.29, 1.82) is 0 Å². The van der Waals surface area contributed by atoms with E-state index in [1.54, 1.807) is 6.07 Å². The van der Waals surface area contributed by atoms with Crippen molar-refractivity contribution >= 4 is 16.9 Å². The quantitative estimate of drug-likeness (QED) is 0.688. The molecule has 0 unspecified atom stereocenters. The molecule has 0 aliphatic rings. The lowest BCUT2D eigenvalue weighted by Gasteiger charge is -2.02. The van der Waals surface area contributed by atoms with E-state index >= 15 is 0 Å². The van der Waals surface area contributed by atoms with Gasteiger partial charge in [0.2, 0.25) is 0 Å². The van der Waals surface area contributed by atoms with Gasteiger partial charge in [-0.2, -0.15) is 0 Å². The lowest BCUT2D eigenvalue weighted by molar-refractivity contribution is -0.136. The molecule has 0 spiro atoms.